The van der Waals surface area contributed by atoms with Gasteiger partial charge in [0.15, 0.2) is 0 Å². The van der Waals surface area contributed by atoms with E-state index in [9.17, 15) is 0 Å². The zero-order chi connectivity index (χ0) is 11.4. The Morgan fingerprint density at radius 2 is 2.07 bits per heavy atom. The standard InChI is InChI=1S/C11H23NO3/c1-10(7-13,8-14)6-12-11(2)4-3-5-15-9-11/h12-14H,3-9H2,1-2H3. The van der Waals surface area contributed by atoms with E-state index in [1.54, 1.807) is 0 Å². The lowest BCUT2D eigenvalue weighted by molar-refractivity contribution is 0.0108. The Labute approximate surface area is 91.6 Å². The Kier molecular flexibility index (Phi) is 4.52. The van der Waals surface area contributed by atoms with Crippen molar-refractivity contribution in [3.8, 4) is 0 Å². The monoisotopic (exact) mass is 217 g/mol. The van der Waals surface area contributed by atoms with Crippen LogP contribution in [0.3, 0.4) is 0 Å². The molecule has 0 radical (unpaired) electrons. The molecule has 1 saturated heterocycles. The number of ether oxygens (including phenoxy) is 1. The van der Waals surface area contributed by atoms with Gasteiger partial charge in [0, 0.05) is 24.1 Å². The van der Waals surface area contributed by atoms with Crippen LogP contribution >= 0.6 is 0 Å². The van der Waals surface area contributed by atoms with Crippen LogP contribution in [0.5, 0.6) is 0 Å². The second-order valence-electron chi connectivity index (χ2n) is 5.20. The molecule has 3 N–H and O–H groups in total. The normalized spacial score (nSPS) is 28.0. The summed E-state index contributed by atoms with van der Waals surface area (Å²) in [4.78, 5) is 0. The van der Waals surface area contributed by atoms with Gasteiger partial charge in [-0.25, -0.2) is 0 Å². The maximum atomic E-state index is 9.17. The molecule has 0 aliphatic carbocycles. The summed E-state index contributed by atoms with van der Waals surface area (Å²) >= 11 is 0. The summed E-state index contributed by atoms with van der Waals surface area (Å²) in [7, 11) is 0. The highest BCUT2D eigenvalue weighted by Crippen LogP contribution is 2.21. The van der Waals surface area contributed by atoms with Crippen molar-refractivity contribution in [1.29, 1.82) is 0 Å². The van der Waals surface area contributed by atoms with Gasteiger partial charge >= 0.3 is 0 Å². The first-order valence-corrected chi connectivity index (χ1v) is 5.58. The lowest BCUT2D eigenvalue weighted by Crippen LogP contribution is -2.53. The highest BCUT2D eigenvalue weighted by molar-refractivity contribution is 4.88. The van der Waals surface area contributed by atoms with Gasteiger partial charge in [0.1, 0.15) is 0 Å². The van der Waals surface area contributed by atoms with E-state index in [0.29, 0.717) is 13.2 Å². The third-order valence-electron chi connectivity index (χ3n) is 3.14. The Morgan fingerprint density at radius 1 is 1.40 bits per heavy atom. The fourth-order valence-electron chi connectivity index (χ4n) is 1.66. The molecule has 1 rings (SSSR count). The summed E-state index contributed by atoms with van der Waals surface area (Å²) < 4.78 is 5.43. The van der Waals surface area contributed by atoms with Crippen molar-refractivity contribution in [3.05, 3.63) is 0 Å². The van der Waals surface area contributed by atoms with Gasteiger partial charge in [0.05, 0.1) is 19.8 Å². The number of nitrogens with one attached hydrogen (secondary N) is 1. The summed E-state index contributed by atoms with van der Waals surface area (Å²) in [5.41, 5.74) is -0.454. The fourth-order valence-corrected chi connectivity index (χ4v) is 1.66. The van der Waals surface area contributed by atoms with Gasteiger partial charge in [-0.15, -0.1) is 0 Å². The third-order valence-corrected chi connectivity index (χ3v) is 3.14. The smallest absolute Gasteiger partial charge is 0.0645 e. The topological polar surface area (TPSA) is 61.7 Å². The predicted octanol–water partition coefficient (Wildman–Crippen LogP) is 0.136. The zero-order valence-electron chi connectivity index (χ0n) is 9.75. The van der Waals surface area contributed by atoms with Crippen molar-refractivity contribution in [1.82, 2.24) is 5.32 Å². The molecule has 0 saturated carbocycles. The van der Waals surface area contributed by atoms with Crippen LogP contribution in [0.1, 0.15) is 26.7 Å². The lowest BCUT2D eigenvalue weighted by atomic mass is 9.89. The molecule has 1 heterocycles. The van der Waals surface area contributed by atoms with Gasteiger partial charge in [-0.05, 0) is 19.8 Å². The minimum absolute atomic E-state index is 0.00651. The molecule has 0 aromatic heterocycles. The van der Waals surface area contributed by atoms with Crippen LogP contribution in [0.2, 0.25) is 0 Å². The molecule has 90 valence electrons. The van der Waals surface area contributed by atoms with Crippen molar-refractivity contribution >= 4 is 0 Å². The second kappa shape index (κ2) is 5.25. The molecule has 0 aromatic carbocycles. The molecular formula is C11H23NO3. The van der Waals surface area contributed by atoms with E-state index in [-0.39, 0.29) is 18.8 Å². The highest BCUT2D eigenvalue weighted by atomic mass is 16.5. The molecule has 1 unspecified atom stereocenters. The molecule has 15 heavy (non-hydrogen) atoms. The first kappa shape index (κ1) is 12.9. The molecular weight excluding hydrogens is 194 g/mol. The van der Waals surface area contributed by atoms with Gasteiger partial charge in [-0.2, -0.15) is 0 Å². The van der Waals surface area contributed by atoms with Crippen molar-refractivity contribution in [2.45, 2.75) is 32.2 Å². The van der Waals surface area contributed by atoms with Crippen LogP contribution in [0.15, 0.2) is 0 Å². The third kappa shape index (κ3) is 3.72. The molecule has 1 atom stereocenters. The van der Waals surface area contributed by atoms with E-state index >= 15 is 0 Å². The molecule has 4 heteroatoms. The van der Waals surface area contributed by atoms with E-state index in [1.165, 1.54) is 0 Å². The molecule has 4 nitrogen and oxygen atoms in total. The van der Waals surface area contributed by atoms with Crippen molar-refractivity contribution < 1.29 is 14.9 Å². The first-order chi connectivity index (χ1) is 7.04. The summed E-state index contributed by atoms with van der Waals surface area (Å²) in [6, 6.07) is 0. The average Bonchev–Trinajstić information content (AvgIpc) is 2.27. The van der Waals surface area contributed by atoms with Crippen LogP contribution < -0.4 is 5.32 Å². The molecule has 0 aromatic rings. The van der Waals surface area contributed by atoms with Crippen molar-refractivity contribution in [2.75, 3.05) is 33.0 Å². The summed E-state index contributed by atoms with van der Waals surface area (Å²) in [6.07, 6.45) is 2.15. The Balaban J connectivity index is 2.40. The van der Waals surface area contributed by atoms with E-state index < -0.39 is 5.41 Å². The largest absolute Gasteiger partial charge is 0.396 e. The van der Waals surface area contributed by atoms with Crippen molar-refractivity contribution in [3.63, 3.8) is 0 Å². The molecule has 1 fully saturated rings. The molecule has 1 aliphatic heterocycles. The van der Waals surface area contributed by atoms with Gasteiger partial charge in [-0.3, -0.25) is 0 Å². The summed E-state index contributed by atoms with van der Waals surface area (Å²) in [5, 5.41) is 21.7. The van der Waals surface area contributed by atoms with Gasteiger partial charge < -0.3 is 20.3 Å². The molecule has 0 spiro atoms. The maximum absolute atomic E-state index is 9.17. The Bertz CT molecular complexity index is 186. The number of hydrogen-bond acceptors (Lipinski definition) is 4. The minimum Gasteiger partial charge on any atom is -0.396 e. The van der Waals surface area contributed by atoms with E-state index in [4.69, 9.17) is 14.9 Å². The van der Waals surface area contributed by atoms with Gasteiger partial charge in [0.2, 0.25) is 0 Å². The fraction of sp³-hybridized carbons (Fsp3) is 1.00. The van der Waals surface area contributed by atoms with Gasteiger partial charge in [-0.1, -0.05) is 6.92 Å². The number of aliphatic hydroxyl groups excluding tert-OH is 2. The van der Waals surface area contributed by atoms with Crippen LogP contribution in [-0.2, 0) is 4.74 Å². The predicted molar refractivity (Wildman–Crippen MR) is 58.7 cm³/mol. The van der Waals surface area contributed by atoms with E-state index in [1.807, 2.05) is 6.92 Å². The number of aliphatic hydroxyl groups is 2. The minimum atomic E-state index is -0.444. The Hall–Kier alpha value is -0.160. The zero-order valence-corrected chi connectivity index (χ0v) is 9.75. The van der Waals surface area contributed by atoms with Gasteiger partial charge in [0.25, 0.3) is 0 Å². The summed E-state index contributed by atoms with van der Waals surface area (Å²) in [6.45, 7) is 6.14. The Morgan fingerprint density at radius 3 is 2.53 bits per heavy atom. The summed E-state index contributed by atoms with van der Waals surface area (Å²) in [5.74, 6) is 0. The molecule has 0 bridgehead atoms. The molecule has 0 amide bonds. The average molecular weight is 217 g/mol. The highest BCUT2D eigenvalue weighted by Gasteiger charge is 2.31. The van der Waals surface area contributed by atoms with E-state index in [2.05, 4.69) is 12.2 Å². The van der Waals surface area contributed by atoms with Crippen LogP contribution in [0.4, 0.5) is 0 Å². The maximum Gasteiger partial charge on any atom is 0.0645 e. The van der Waals surface area contributed by atoms with Crippen molar-refractivity contribution in [2.24, 2.45) is 5.41 Å². The van der Waals surface area contributed by atoms with E-state index in [0.717, 1.165) is 19.4 Å². The number of rotatable bonds is 5. The van der Waals surface area contributed by atoms with Crippen LogP contribution in [0.25, 0.3) is 0 Å². The lowest BCUT2D eigenvalue weighted by Gasteiger charge is -2.37. The second-order valence-corrected chi connectivity index (χ2v) is 5.20. The van der Waals surface area contributed by atoms with Crippen LogP contribution in [-0.4, -0.2) is 48.7 Å². The quantitative estimate of drug-likeness (QED) is 0.613. The first-order valence-electron chi connectivity index (χ1n) is 5.58. The number of hydrogen-bond donors (Lipinski definition) is 3. The molecule has 1 aliphatic rings. The van der Waals surface area contributed by atoms with Crippen LogP contribution in [0, 0.1) is 5.41 Å². The SMILES string of the molecule is CC(CO)(CO)CNC1(C)CCCOC1.